The van der Waals surface area contributed by atoms with Crippen LogP contribution in [0.5, 0.6) is 0 Å². The van der Waals surface area contributed by atoms with Gasteiger partial charge in [0.05, 0.1) is 24.9 Å². The molecule has 1 atom stereocenters. The minimum absolute atomic E-state index is 0.0742. The third-order valence-electron chi connectivity index (χ3n) is 4.52. The number of aryl methyl sites for hydroxylation is 3. The molecule has 0 amide bonds. The van der Waals surface area contributed by atoms with Gasteiger partial charge in [-0.15, -0.1) is 0 Å². The number of nitrogens with one attached hydrogen (secondary N) is 1. The minimum Gasteiger partial charge on any atom is -0.392 e. The first kappa shape index (κ1) is 17.7. The summed E-state index contributed by atoms with van der Waals surface area (Å²) in [5, 5.41) is 17.4. The second-order valence-electron chi connectivity index (χ2n) is 6.02. The molecule has 0 aliphatic heterocycles. The lowest BCUT2D eigenvalue weighted by Gasteiger charge is -2.21. The molecular formula is C18H27N3O2. The van der Waals surface area contributed by atoms with Gasteiger partial charge in [-0.2, -0.15) is 5.10 Å². The molecule has 5 heteroatoms. The van der Waals surface area contributed by atoms with E-state index in [1.54, 1.807) is 13.3 Å². The van der Waals surface area contributed by atoms with Gasteiger partial charge in [-0.3, -0.25) is 4.68 Å². The topological polar surface area (TPSA) is 59.3 Å². The highest BCUT2D eigenvalue weighted by molar-refractivity contribution is 5.44. The highest BCUT2D eigenvalue weighted by atomic mass is 16.5. The van der Waals surface area contributed by atoms with E-state index in [1.807, 2.05) is 24.7 Å². The van der Waals surface area contributed by atoms with Crippen LogP contribution in [0.3, 0.4) is 0 Å². The van der Waals surface area contributed by atoms with Crippen LogP contribution in [0, 0.1) is 20.8 Å². The molecule has 0 saturated heterocycles. The number of rotatable bonds is 7. The fourth-order valence-electron chi connectivity index (χ4n) is 3.15. The Morgan fingerprint density at radius 2 is 1.96 bits per heavy atom. The number of ether oxygens (including phenoxy) is 1. The van der Waals surface area contributed by atoms with Crippen molar-refractivity contribution in [1.82, 2.24) is 15.1 Å². The summed E-state index contributed by atoms with van der Waals surface area (Å²) in [4.78, 5) is 0. The molecule has 0 aliphatic carbocycles. The molecule has 0 spiro atoms. The molecule has 1 aromatic carbocycles. The lowest BCUT2D eigenvalue weighted by Crippen LogP contribution is -2.27. The summed E-state index contributed by atoms with van der Waals surface area (Å²) >= 11 is 0. The molecule has 1 heterocycles. The van der Waals surface area contributed by atoms with Gasteiger partial charge in [-0.25, -0.2) is 0 Å². The summed E-state index contributed by atoms with van der Waals surface area (Å²) in [6.07, 6.45) is 1.80. The number of hydrogen-bond acceptors (Lipinski definition) is 4. The molecular weight excluding hydrogens is 290 g/mol. The van der Waals surface area contributed by atoms with Crippen LogP contribution < -0.4 is 5.32 Å². The molecule has 1 aromatic heterocycles. The molecule has 2 rings (SSSR count). The maximum absolute atomic E-state index is 9.61. The zero-order valence-electron chi connectivity index (χ0n) is 14.7. The lowest BCUT2D eigenvalue weighted by molar-refractivity contribution is 0.163. The average Bonchev–Trinajstić information content (AvgIpc) is 2.92. The van der Waals surface area contributed by atoms with E-state index in [2.05, 4.69) is 30.3 Å². The van der Waals surface area contributed by atoms with Crippen molar-refractivity contribution in [3.8, 4) is 0 Å². The van der Waals surface area contributed by atoms with Gasteiger partial charge in [0.15, 0.2) is 0 Å². The van der Waals surface area contributed by atoms with E-state index in [1.165, 1.54) is 16.7 Å². The summed E-state index contributed by atoms with van der Waals surface area (Å²) < 4.78 is 7.22. The molecule has 23 heavy (non-hydrogen) atoms. The average molecular weight is 317 g/mol. The standard InChI is InChI=1S/C18H27N3O2/c1-12-8-13(2)16(10-22)14(3)15(12)9-19-17(11-23-5)18-6-7-20-21(18)4/h6-8,17,19,22H,9-11H2,1-5H3/t17-/m0/s1. The molecule has 0 unspecified atom stereocenters. The van der Waals surface area contributed by atoms with Crippen molar-refractivity contribution in [1.29, 1.82) is 0 Å². The number of methoxy groups -OCH3 is 1. The van der Waals surface area contributed by atoms with Gasteiger partial charge in [0.1, 0.15) is 0 Å². The first-order valence-corrected chi connectivity index (χ1v) is 7.89. The van der Waals surface area contributed by atoms with Crippen molar-refractivity contribution >= 4 is 0 Å². The van der Waals surface area contributed by atoms with E-state index in [9.17, 15) is 5.11 Å². The Morgan fingerprint density at radius 1 is 1.26 bits per heavy atom. The normalized spacial score (nSPS) is 12.6. The van der Waals surface area contributed by atoms with Crippen LogP contribution >= 0.6 is 0 Å². The Balaban J connectivity index is 2.23. The van der Waals surface area contributed by atoms with E-state index >= 15 is 0 Å². The van der Waals surface area contributed by atoms with Gasteiger partial charge in [0.2, 0.25) is 0 Å². The molecule has 126 valence electrons. The summed E-state index contributed by atoms with van der Waals surface area (Å²) in [7, 11) is 3.64. The van der Waals surface area contributed by atoms with Gasteiger partial charge >= 0.3 is 0 Å². The van der Waals surface area contributed by atoms with Crippen LogP contribution in [0.4, 0.5) is 0 Å². The number of aromatic nitrogens is 2. The molecule has 2 N–H and O–H groups in total. The molecule has 0 aliphatic rings. The van der Waals surface area contributed by atoms with Crippen molar-refractivity contribution in [2.75, 3.05) is 13.7 Å². The third-order valence-corrected chi connectivity index (χ3v) is 4.52. The van der Waals surface area contributed by atoms with Crippen LogP contribution in [-0.2, 0) is 24.9 Å². The number of aliphatic hydroxyl groups excluding tert-OH is 1. The van der Waals surface area contributed by atoms with Crippen molar-refractivity contribution in [2.24, 2.45) is 7.05 Å². The highest BCUT2D eigenvalue weighted by Crippen LogP contribution is 2.23. The highest BCUT2D eigenvalue weighted by Gasteiger charge is 2.16. The van der Waals surface area contributed by atoms with E-state index in [0.717, 1.165) is 23.4 Å². The second-order valence-corrected chi connectivity index (χ2v) is 6.02. The van der Waals surface area contributed by atoms with Gasteiger partial charge in [0, 0.05) is 26.9 Å². The largest absolute Gasteiger partial charge is 0.392 e. The van der Waals surface area contributed by atoms with Crippen LogP contribution in [0.25, 0.3) is 0 Å². The predicted octanol–water partition coefficient (Wildman–Crippen LogP) is 2.31. The molecule has 5 nitrogen and oxygen atoms in total. The Morgan fingerprint density at radius 3 is 2.52 bits per heavy atom. The molecule has 0 bridgehead atoms. The quantitative estimate of drug-likeness (QED) is 0.823. The maximum atomic E-state index is 9.61. The van der Waals surface area contributed by atoms with Gasteiger partial charge < -0.3 is 15.2 Å². The Bertz CT molecular complexity index is 665. The van der Waals surface area contributed by atoms with E-state index in [4.69, 9.17) is 4.74 Å². The lowest BCUT2D eigenvalue weighted by atomic mass is 9.93. The number of nitrogens with zero attached hydrogens (tertiary/aromatic N) is 2. The van der Waals surface area contributed by atoms with Crippen LogP contribution in [0.15, 0.2) is 18.3 Å². The summed E-state index contributed by atoms with van der Waals surface area (Å²) in [5.41, 5.74) is 6.91. The minimum atomic E-state index is 0.0742. The fourth-order valence-corrected chi connectivity index (χ4v) is 3.15. The smallest absolute Gasteiger partial charge is 0.0731 e. The van der Waals surface area contributed by atoms with Crippen molar-refractivity contribution in [3.05, 3.63) is 51.8 Å². The first-order chi connectivity index (χ1) is 11.0. The number of hydrogen-bond donors (Lipinski definition) is 2. The van der Waals surface area contributed by atoms with Crippen LogP contribution in [0.1, 0.15) is 39.6 Å². The second kappa shape index (κ2) is 7.73. The summed E-state index contributed by atoms with van der Waals surface area (Å²) in [6, 6.07) is 4.22. The zero-order valence-corrected chi connectivity index (χ0v) is 14.7. The van der Waals surface area contributed by atoms with Crippen LogP contribution in [-0.4, -0.2) is 28.6 Å². The van der Waals surface area contributed by atoms with E-state index in [0.29, 0.717) is 6.61 Å². The Kier molecular flexibility index (Phi) is 5.93. The third kappa shape index (κ3) is 3.80. The molecule has 0 saturated carbocycles. The predicted molar refractivity (Wildman–Crippen MR) is 91.2 cm³/mol. The molecule has 0 radical (unpaired) electrons. The van der Waals surface area contributed by atoms with Crippen LogP contribution in [0.2, 0.25) is 0 Å². The Labute approximate surface area is 138 Å². The number of benzene rings is 1. The van der Waals surface area contributed by atoms with E-state index < -0.39 is 0 Å². The van der Waals surface area contributed by atoms with Gasteiger partial charge in [0.25, 0.3) is 0 Å². The van der Waals surface area contributed by atoms with Crippen molar-refractivity contribution in [3.63, 3.8) is 0 Å². The maximum Gasteiger partial charge on any atom is 0.0731 e. The van der Waals surface area contributed by atoms with Crippen molar-refractivity contribution < 1.29 is 9.84 Å². The molecule has 0 fully saturated rings. The van der Waals surface area contributed by atoms with E-state index in [-0.39, 0.29) is 12.6 Å². The fraction of sp³-hybridized carbons (Fsp3) is 0.500. The number of aliphatic hydroxyl groups is 1. The SMILES string of the molecule is COC[C@H](NCc1c(C)cc(C)c(CO)c1C)c1ccnn1C. The molecule has 2 aromatic rings. The summed E-state index contributed by atoms with van der Waals surface area (Å²) in [6.45, 7) is 7.63. The van der Waals surface area contributed by atoms with Crippen molar-refractivity contribution in [2.45, 2.75) is 40.0 Å². The van der Waals surface area contributed by atoms with Gasteiger partial charge in [-0.05, 0) is 54.7 Å². The summed E-state index contributed by atoms with van der Waals surface area (Å²) in [5.74, 6) is 0. The monoisotopic (exact) mass is 317 g/mol. The van der Waals surface area contributed by atoms with Gasteiger partial charge in [-0.1, -0.05) is 6.07 Å². The Hall–Kier alpha value is -1.69. The first-order valence-electron chi connectivity index (χ1n) is 7.89. The zero-order chi connectivity index (χ0) is 17.0.